The van der Waals surface area contributed by atoms with E-state index >= 15 is 0 Å². The van der Waals surface area contributed by atoms with Gasteiger partial charge in [-0.1, -0.05) is 11.6 Å². The van der Waals surface area contributed by atoms with Crippen molar-refractivity contribution in [2.45, 2.75) is 6.92 Å². The zero-order valence-electron chi connectivity index (χ0n) is 12.9. The molecule has 0 aliphatic heterocycles. The van der Waals surface area contributed by atoms with Gasteiger partial charge >= 0.3 is 5.97 Å². The molecule has 3 rings (SSSR count). The Bertz CT molecular complexity index is 895. The van der Waals surface area contributed by atoms with E-state index in [0.717, 1.165) is 0 Å². The van der Waals surface area contributed by atoms with E-state index in [1.807, 2.05) is 0 Å². The number of aromatic nitrogens is 1. The van der Waals surface area contributed by atoms with Gasteiger partial charge in [0.25, 0.3) is 0 Å². The molecule has 0 atom stereocenters. The van der Waals surface area contributed by atoms with E-state index in [1.54, 1.807) is 49.4 Å². The Balaban J connectivity index is 2.16. The van der Waals surface area contributed by atoms with Crippen LogP contribution in [0.4, 0.5) is 11.4 Å². The second-order valence-corrected chi connectivity index (χ2v) is 5.54. The molecular formula is C18H15ClN2O3. The quantitative estimate of drug-likeness (QED) is 0.539. The van der Waals surface area contributed by atoms with E-state index in [1.165, 1.54) is 6.20 Å². The van der Waals surface area contributed by atoms with Crippen molar-refractivity contribution in [1.82, 2.24) is 4.98 Å². The molecule has 1 aromatic heterocycles. The number of carbonyl (C=O) groups excluding carboxylic acids is 1. The highest BCUT2D eigenvalue weighted by molar-refractivity contribution is 6.31. The summed E-state index contributed by atoms with van der Waals surface area (Å²) in [7, 11) is 0. The monoisotopic (exact) mass is 342 g/mol. The zero-order chi connectivity index (χ0) is 17.1. The van der Waals surface area contributed by atoms with Crippen molar-refractivity contribution < 1.29 is 14.6 Å². The summed E-state index contributed by atoms with van der Waals surface area (Å²) in [5.41, 5.74) is 2.30. The molecule has 0 saturated heterocycles. The highest BCUT2D eigenvalue weighted by Gasteiger charge is 2.17. The fourth-order valence-corrected chi connectivity index (χ4v) is 2.52. The summed E-state index contributed by atoms with van der Waals surface area (Å²) in [6.45, 7) is 2.02. The van der Waals surface area contributed by atoms with Crippen molar-refractivity contribution >= 4 is 39.8 Å². The summed E-state index contributed by atoms with van der Waals surface area (Å²) in [6.07, 6.45) is 1.48. The molecule has 5 nitrogen and oxygen atoms in total. The number of nitrogens with zero attached hydrogens (tertiary/aromatic N) is 1. The summed E-state index contributed by atoms with van der Waals surface area (Å²) in [5.74, 6) is -0.304. The third-order valence-corrected chi connectivity index (χ3v) is 3.70. The molecule has 0 saturated carbocycles. The highest BCUT2D eigenvalue weighted by Crippen LogP contribution is 2.31. The molecular weight excluding hydrogens is 328 g/mol. The maximum absolute atomic E-state index is 12.3. The van der Waals surface area contributed by atoms with Gasteiger partial charge < -0.3 is 15.2 Å². The lowest BCUT2D eigenvalue weighted by atomic mass is 10.1. The third-order valence-electron chi connectivity index (χ3n) is 3.46. The second-order valence-electron chi connectivity index (χ2n) is 5.10. The standard InChI is InChI=1S/C18H15ClN2O3/c1-2-24-18(23)15-10-20-16-8-3-11(19)9-14(16)17(15)21-12-4-6-13(22)7-5-12/h3-10,22H,2H2,1H3,(H,20,21). The van der Waals surface area contributed by atoms with Gasteiger partial charge in [-0.05, 0) is 49.4 Å². The number of benzene rings is 2. The van der Waals surface area contributed by atoms with Crippen LogP contribution in [-0.2, 0) is 4.74 Å². The van der Waals surface area contributed by atoms with Crippen LogP contribution in [-0.4, -0.2) is 22.7 Å². The van der Waals surface area contributed by atoms with Crippen LogP contribution in [0.3, 0.4) is 0 Å². The van der Waals surface area contributed by atoms with Crippen molar-refractivity contribution in [2.24, 2.45) is 0 Å². The Morgan fingerprint density at radius 2 is 2.00 bits per heavy atom. The first-order chi connectivity index (χ1) is 11.6. The predicted octanol–water partition coefficient (Wildman–Crippen LogP) is 4.51. The van der Waals surface area contributed by atoms with E-state index in [9.17, 15) is 9.90 Å². The van der Waals surface area contributed by atoms with Crippen LogP contribution in [0.1, 0.15) is 17.3 Å². The smallest absolute Gasteiger partial charge is 0.341 e. The maximum Gasteiger partial charge on any atom is 0.341 e. The van der Waals surface area contributed by atoms with Crippen molar-refractivity contribution in [3.05, 3.63) is 59.2 Å². The number of hydrogen-bond acceptors (Lipinski definition) is 5. The molecule has 2 N–H and O–H groups in total. The van der Waals surface area contributed by atoms with E-state index in [-0.39, 0.29) is 12.4 Å². The Morgan fingerprint density at radius 1 is 1.25 bits per heavy atom. The van der Waals surface area contributed by atoms with Crippen LogP contribution >= 0.6 is 11.6 Å². The molecule has 0 amide bonds. The number of pyridine rings is 1. The number of nitrogens with one attached hydrogen (secondary N) is 1. The van der Waals surface area contributed by atoms with Gasteiger partial charge in [0.1, 0.15) is 11.3 Å². The first-order valence-electron chi connectivity index (χ1n) is 7.40. The fraction of sp³-hybridized carbons (Fsp3) is 0.111. The molecule has 3 aromatic rings. The lowest BCUT2D eigenvalue weighted by molar-refractivity contribution is 0.0527. The molecule has 0 spiro atoms. The largest absolute Gasteiger partial charge is 0.508 e. The summed E-state index contributed by atoms with van der Waals surface area (Å²) < 4.78 is 5.11. The summed E-state index contributed by atoms with van der Waals surface area (Å²) in [6, 6.07) is 11.8. The summed E-state index contributed by atoms with van der Waals surface area (Å²) in [5, 5.41) is 13.9. The van der Waals surface area contributed by atoms with Crippen molar-refractivity contribution in [3.63, 3.8) is 0 Å². The molecule has 0 radical (unpaired) electrons. The fourth-order valence-electron chi connectivity index (χ4n) is 2.35. The first kappa shape index (κ1) is 16.1. The van der Waals surface area contributed by atoms with Gasteiger partial charge in [0.15, 0.2) is 0 Å². The van der Waals surface area contributed by atoms with E-state index < -0.39 is 5.97 Å². The van der Waals surface area contributed by atoms with Gasteiger partial charge in [-0.3, -0.25) is 4.98 Å². The van der Waals surface area contributed by atoms with Gasteiger partial charge in [0.2, 0.25) is 0 Å². The Labute approximate surface area is 143 Å². The highest BCUT2D eigenvalue weighted by atomic mass is 35.5. The zero-order valence-corrected chi connectivity index (χ0v) is 13.7. The minimum absolute atomic E-state index is 0.161. The number of esters is 1. The normalized spacial score (nSPS) is 10.6. The topological polar surface area (TPSA) is 71.5 Å². The molecule has 24 heavy (non-hydrogen) atoms. The number of aromatic hydroxyl groups is 1. The van der Waals surface area contributed by atoms with E-state index in [2.05, 4.69) is 10.3 Å². The van der Waals surface area contributed by atoms with Gasteiger partial charge in [-0.25, -0.2) is 4.79 Å². The number of fused-ring (bicyclic) bond motifs is 1. The Morgan fingerprint density at radius 3 is 2.71 bits per heavy atom. The van der Waals surface area contributed by atoms with Crippen molar-refractivity contribution in [1.29, 1.82) is 0 Å². The van der Waals surface area contributed by atoms with Gasteiger partial charge in [0.05, 0.1) is 17.8 Å². The average Bonchev–Trinajstić information content (AvgIpc) is 2.57. The molecule has 0 unspecified atom stereocenters. The number of phenols is 1. The van der Waals surface area contributed by atoms with Gasteiger partial charge in [-0.2, -0.15) is 0 Å². The van der Waals surface area contributed by atoms with E-state index in [4.69, 9.17) is 16.3 Å². The molecule has 0 fully saturated rings. The van der Waals surface area contributed by atoms with Crippen LogP contribution in [0.25, 0.3) is 10.9 Å². The number of hydrogen-bond donors (Lipinski definition) is 2. The van der Waals surface area contributed by atoms with Gasteiger partial charge in [0, 0.05) is 22.3 Å². The number of rotatable bonds is 4. The van der Waals surface area contributed by atoms with Gasteiger partial charge in [-0.15, -0.1) is 0 Å². The molecule has 6 heteroatoms. The van der Waals surface area contributed by atoms with Crippen LogP contribution in [0.15, 0.2) is 48.7 Å². The number of halogens is 1. The molecule has 122 valence electrons. The molecule has 0 bridgehead atoms. The summed E-state index contributed by atoms with van der Waals surface area (Å²) in [4.78, 5) is 16.6. The minimum Gasteiger partial charge on any atom is -0.508 e. The first-order valence-corrected chi connectivity index (χ1v) is 7.77. The maximum atomic E-state index is 12.3. The van der Waals surface area contributed by atoms with E-state index in [0.29, 0.717) is 32.9 Å². The number of carbonyl (C=O) groups is 1. The molecule has 0 aliphatic rings. The van der Waals surface area contributed by atoms with Crippen molar-refractivity contribution in [3.8, 4) is 5.75 Å². The minimum atomic E-state index is -0.465. The van der Waals surface area contributed by atoms with Crippen LogP contribution < -0.4 is 5.32 Å². The SMILES string of the molecule is CCOC(=O)c1cnc2ccc(Cl)cc2c1Nc1ccc(O)cc1. The Hall–Kier alpha value is -2.79. The predicted molar refractivity (Wildman–Crippen MR) is 94.1 cm³/mol. The summed E-state index contributed by atoms with van der Waals surface area (Å²) >= 11 is 6.10. The number of phenolic OH excluding ortho intramolecular Hbond substituents is 1. The lowest BCUT2D eigenvalue weighted by Gasteiger charge is -2.14. The third kappa shape index (κ3) is 3.26. The van der Waals surface area contributed by atoms with Crippen LogP contribution in [0.2, 0.25) is 5.02 Å². The van der Waals surface area contributed by atoms with Crippen LogP contribution in [0.5, 0.6) is 5.75 Å². The van der Waals surface area contributed by atoms with Crippen molar-refractivity contribution in [2.75, 3.05) is 11.9 Å². The van der Waals surface area contributed by atoms with Crippen LogP contribution in [0, 0.1) is 0 Å². The number of ether oxygens (including phenoxy) is 1. The lowest BCUT2D eigenvalue weighted by Crippen LogP contribution is -2.09. The molecule has 1 heterocycles. The average molecular weight is 343 g/mol. The Kier molecular flexibility index (Phi) is 4.53. The molecule has 2 aromatic carbocycles. The second kappa shape index (κ2) is 6.76. The number of anilines is 2. The molecule has 0 aliphatic carbocycles.